The second kappa shape index (κ2) is 8.75. The van der Waals surface area contributed by atoms with E-state index in [1.807, 2.05) is 48.7 Å². The van der Waals surface area contributed by atoms with E-state index in [0.717, 1.165) is 21.8 Å². The van der Waals surface area contributed by atoms with E-state index in [0.29, 0.717) is 40.3 Å². The SMILES string of the molecule is COc1ccc(-n2c(CCc3c[nH]c4ccc(Br)cc34)nc3ccccc3c2=O)cc1OC. The van der Waals surface area contributed by atoms with Gasteiger partial charge in [0, 0.05) is 34.1 Å². The smallest absolute Gasteiger partial charge is 0.265 e. The molecule has 5 rings (SSSR count). The van der Waals surface area contributed by atoms with Crippen LogP contribution in [0.5, 0.6) is 11.5 Å². The number of aromatic nitrogens is 3. The van der Waals surface area contributed by atoms with E-state index in [-0.39, 0.29) is 5.56 Å². The molecule has 2 heterocycles. The average Bonchev–Trinajstić information content (AvgIpc) is 3.24. The van der Waals surface area contributed by atoms with E-state index in [9.17, 15) is 4.79 Å². The Labute approximate surface area is 198 Å². The molecule has 0 unspecified atom stereocenters. The number of methoxy groups -OCH3 is 2. The zero-order chi connectivity index (χ0) is 22.9. The fourth-order valence-electron chi connectivity index (χ4n) is 4.18. The van der Waals surface area contributed by atoms with Crippen LogP contribution in [-0.2, 0) is 12.8 Å². The van der Waals surface area contributed by atoms with Crippen LogP contribution in [0.3, 0.4) is 0 Å². The van der Waals surface area contributed by atoms with Gasteiger partial charge >= 0.3 is 0 Å². The van der Waals surface area contributed by atoms with Crippen LogP contribution in [-0.4, -0.2) is 28.8 Å². The van der Waals surface area contributed by atoms with Crippen LogP contribution >= 0.6 is 15.9 Å². The number of H-pyrrole nitrogens is 1. The number of benzene rings is 3. The zero-order valence-corrected chi connectivity index (χ0v) is 19.8. The minimum Gasteiger partial charge on any atom is -0.493 e. The number of halogens is 1. The number of para-hydroxylation sites is 1. The third-order valence-corrected chi connectivity index (χ3v) is 6.31. The molecule has 0 atom stereocenters. The number of nitrogens with zero attached hydrogens (tertiary/aromatic N) is 2. The third kappa shape index (κ3) is 3.89. The van der Waals surface area contributed by atoms with Crippen LogP contribution in [0, 0.1) is 0 Å². The topological polar surface area (TPSA) is 69.1 Å². The standard InChI is InChI=1S/C26H22BrN3O3/c1-32-23-11-9-18(14-24(23)33-2)30-25(29-22-6-4-3-5-19(22)26(30)31)12-7-16-15-28-21-10-8-17(27)13-20(16)21/h3-6,8-11,13-15,28H,7,12H2,1-2H3. The average molecular weight is 504 g/mol. The van der Waals surface area contributed by atoms with E-state index in [2.05, 4.69) is 33.0 Å². The summed E-state index contributed by atoms with van der Waals surface area (Å²) < 4.78 is 13.5. The Hall–Kier alpha value is -3.58. The van der Waals surface area contributed by atoms with Gasteiger partial charge in [0.1, 0.15) is 5.82 Å². The molecule has 0 amide bonds. The molecule has 2 aromatic heterocycles. The van der Waals surface area contributed by atoms with Crippen molar-refractivity contribution in [1.29, 1.82) is 0 Å². The fourth-order valence-corrected chi connectivity index (χ4v) is 4.54. The summed E-state index contributed by atoms with van der Waals surface area (Å²) in [5.41, 5.74) is 3.53. The molecule has 6 nitrogen and oxygen atoms in total. The molecule has 0 fully saturated rings. The number of hydrogen-bond donors (Lipinski definition) is 1. The first-order valence-corrected chi connectivity index (χ1v) is 11.4. The Bertz CT molecular complexity index is 1540. The van der Waals surface area contributed by atoms with Crippen molar-refractivity contribution >= 4 is 37.7 Å². The molecule has 33 heavy (non-hydrogen) atoms. The summed E-state index contributed by atoms with van der Waals surface area (Å²) in [5, 5.41) is 1.73. The Morgan fingerprint density at radius 2 is 1.76 bits per heavy atom. The number of hydrogen-bond acceptors (Lipinski definition) is 4. The van der Waals surface area contributed by atoms with Crippen molar-refractivity contribution in [2.24, 2.45) is 0 Å². The quantitative estimate of drug-likeness (QED) is 0.335. The Morgan fingerprint density at radius 3 is 2.58 bits per heavy atom. The molecule has 3 aromatic carbocycles. The minimum absolute atomic E-state index is 0.107. The molecule has 5 aromatic rings. The second-order valence-electron chi connectivity index (χ2n) is 7.73. The van der Waals surface area contributed by atoms with E-state index in [4.69, 9.17) is 14.5 Å². The highest BCUT2D eigenvalue weighted by Crippen LogP contribution is 2.30. The molecule has 0 radical (unpaired) electrons. The van der Waals surface area contributed by atoms with Gasteiger partial charge in [-0.05, 0) is 54.4 Å². The van der Waals surface area contributed by atoms with Gasteiger partial charge in [-0.1, -0.05) is 28.1 Å². The van der Waals surface area contributed by atoms with Crippen LogP contribution < -0.4 is 15.0 Å². The van der Waals surface area contributed by atoms with Gasteiger partial charge in [-0.2, -0.15) is 0 Å². The molecular formula is C26H22BrN3O3. The first-order valence-electron chi connectivity index (χ1n) is 10.6. The second-order valence-corrected chi connectivity index (χ2v) is 8.64. The number of fused-ring (bicyclic) bond motifs is 2. The Balaban J connectivity index is 1.63. The van der Waals surface area contributed by atoms with E-state index in [1.54, 1.807) is 24.9 Å². The largest absolute Gasteiger partial charge is 0.493 e. The normalized spacial score (nSPS) is 11.2. The lowest BCUT2D eigenvalue weighted by atomic mass is 10.1. The van der Waals surface area contributed by atoms with Gasteiger partial charge < -0.3 is 14.5 Å². The predicted molar refractivity (Wildman–Crippen MR) is 134 cm³/mol. The van der Waals surface area contributed by atoms with Gasteiger partial charge in [-0.3, -0.25) is 9.36 Å². The summed E-state index contributed by atoms with van der Waals surface area (Å²) in [7, 11) is 3.17. The molecule has 0 spiro atoms. The van der Waals surface area contributed by atoms with Crippen molar-refractivity contribution in [2.75, 3.05) is 14.2 Å². The van der Waals surface area contributed by atoms with E-state index >= 15 is 0 Å². The number of aromatic amines is 1. The zero-order valence-electron chi connectivity index (χ0n) is 18.3. The monoisotopic (exact) mass is 503 g/mol. The van der Waals surface area contributed by atoms with Crippen molar-refractivity contribution in [1.82, 2.24) is 14.5 Å². The fraction of sp³-hybridized carbons (Fsp3) is 0.154. The maximum absolute atomic E-state index is 13.6. The summed E-state index contributed by atoms with van der Waals surface area (Å²) in [6.45, 7) is 0. The third-order valence-electron chi connectivity index (χ3n) is 5.82. The lowest BCUT2D eigenvalue weighted by molar-refractivity contribution is 0.355. The van der Waals surface area contributed by atoms with Gasteiger partial charge in [0.15, 0.2) is 11.5 Å². The van der Waals surface area contributed by atoms with Crippen molar-refractivity contribution in [3.8, 4) is 17.2 Å². The summed E-state index contributed by atoms with van der Waals surface area (Å²) >= 11 is 3.56. The minimum atomic E-state index is -0.107. The van der Waals surface area contributed by atoms with Gasteiger partial charge in [0.25, 0.3) is 5.56 Å². The predicted octanol–water partition coefficient (Wildman–Crippen LogP) is 5.43. The first-order chi connectivity index (χ1) is 16.1. The van der Waals surface area contributed by atoms with Crippen LogP contribution in [0.2, 0.25) is 0 Å². The highest BCUT2D eigenvalue weighted by atomic mass is 79.9. The van der Waals surface area contributed by atoms with Crippen LogP contribution in [0.4, 0.5) is 0 Å². The van der Waals surface area contributed by atoms with Gasteiger partial charge in [-0.25, -0.2) is 4.98 Å². The maximum atomic E-state index is 13.6. The first kappa shape index (κ1) is 21.3. The van der Waals surface area contributed by atoms with Crippen molar-refractivity contribution < 1.29 is 9.47 Å². The van der Waals surface area contributed by atoms with Gasteiger partial charge in [0.2, 0.25) is 0 Å². The highest BCUT2D eigenvalue weighted by Gasteiger charge is 2.16. The molecule has 0 bridgehead atoms. The highest BCUT2D eigenvalue weighted by molar-refractivity contribution is 9.10. The summed E-state index contributed by atoms with van der Waals surface area (Å²) in [4.78, 5) is 21.8. The molecule has 166 valence electrons. The number of nitrogens with one attached hydrogen (secondary N) is 1. The number of aryl methyl sites for hydroxylation is 2. The molecule has 0 aliphatic carbocycles. The summed E-state index contributed by atoms with van der Waals surface area (Å²) in [6.07, 6.45) is 3.35. The van der Waals surface area contributed by atoms with Crippen molar-refractivity contribution in [3.05, 3.63) is 93.1 Å². The Morgan fingerprint density at radius 1 is 0.939 bits per heavy atom. The molecule has 0 saturated carbocycles. The maximum Gasteiger partial charge on any atom is 0.265 e. The lowest BCUT2D eigenvalue weighted by Crippen LogP contribution is -2.24. The molecule has 0 aliphatic rings. The van der Waals surface area contributed by atoms with Gasteiger partial charge in [-0.15, -0.1) is 0 Å². The molecule has 7 heteroatoms. The number of ether oxygens (including phenoxy) is 2. The molecule has 0 saturated heterocycles. The molecular weight excluding hydrogens is 482 g/mol. The van der Waals surface area contributed by atoms with Crippen LogP contribution in [0.1, 0.15) is 11.4 Å². The summed E-state index contributed by atoms with van der Waals surface area (Å²) in [6, 6.07) is 19.1. The lowest BCUT2D eigenvalue weighted by Gasteiger charge is -2.16. The van der Waals surface area contributed by atoms with E-state index < -0.39 is 0 Å². The molecule has 0 aliphatic heterocycles. The van der Waals surface area contributed by atoms with Crippen molar-refractivity contribution in [2.45, 2.75) is 12.8 Å². The van der Waals surface area contributed by atoms with Crippen LogP contribution in [0.25, 0.3) is 27.5 Å². The van der Waals surface area contributed by atoms with Crippen LogP contribution in [0.15, 0.2) is 76.1 Å². The van der Waals surface area contributed by atoms with Crippen molar-refractivity contribution in [3.63, 3.8) is 0 Å². The van der Waals surface area contributed by atoms with Gasteiger partial charge in [0.05, 0.1) is 30.8 Å². The number of rotatable bonds is 6. The molecule has 1 N–H and O–H groups in total. The Kier molecular flexibility index (Phi) is 5.64. The summed E-state index contributed by atoms with van der Waals surface area (Å²) in [5.74, 6) is 1.85. The van der Waals surface area contributed by atoms with E-state index in [1.165, 1.54) is 5.56 Å².